The monoisotopic (exact) mass is 554 g/mol. The highest BCUT2D eigenvalue weighted by atomic mass is 32.2. The first-order valence-corrected chi connectivity index (χ1v) is 16.7. The van der Waals surface area contributed by atoms with Crippen LogP contribution >= 0.6 is 0 Å². The molecule has 5 fully saturated rings. The highest BCUT2D eigenvalue weighted by Crippen LogP contribution is 2.69. The molecule has 0 spiro atoms. The molecule has 5 rings (SSSR count). The van der Waals surface area contributed by atoms with E-state index in [2.05, 4.69) is 32.4 Å². The number of nitrogens with zero attached hydrogens (tertiary/aromatic N) is 1. The number of aliphatic hydroxyl groups is 2. The molecule has 8 nitrogen and oxygen atoms in total. The summed E-state index contributed by atoms with van der Waals surface area (Å²) in [6.45, 7) is 10.2. The van der Waals surface area contributed by atoms with E-state index in [9.17, 15) is 23.4 Å². The number of ether oxygens (including phenoxy) is 1. The molecule has 11 atom stereocenters. The summed E-state index contributed by atoms with van der Waals surface area (Å²) in [6, 6.07) is 0. The van der Waals surface area contributed by atoms with Crippen LogP contribution in [0, 0.1) is 52.3 Å². The molecule has 9 heteroatoms. The molecule has 0 aromatic carbocycles. The van der Waals surface area contributed by atoms with Crippen molar-refractivity contribution in [2.45, 2.75) is 104 Å². The Morgan fingerprint density at radius 2 is 1.68 bits per heavy atom. The van der Waals surface area contributed by atoms with Gasteiger partial charge < -0.3 is 14.9 Å². The normalized spacial score (nSPS) is 46.1. The Balaban J connectivity index is 1.26. The minimum absolute atomic E-state index is 0.0682. The second kappa shape index (κ2) is 10.5. The van der Waals surface area contributed by atoms with Crippen LogP contribution < -0.4 is 4.72 Å². The van der Waals surface area contributed by atoms with Gasteiger partial charge in [0, 0.05) is 13.1 Å². The van der Waals surface area contributed by atoms with Crippen LogP contribution in [0.2, 0.25) is 0 Å². The Labute approximate surface area is 229 Å². The van der Waals surface area contributed by atoms with Crippen molar-refractivity contribution >= 4 is 16.3 Å². The maximum atomic E-state index is 12.4. The molecule has 0 unspecified atom stereocenters. The topological polar surface area (TPSA) is 116 Å². The van der Waals surface area contributed by atoms with E-state index < -0.39 is 16.3 Å². The lowest BCUT2D eigenvalue weighted by Gasteiger charge is -2.64. The summed E-state index contributed by atoms with van der Waals surface area (Å²) in [5, 5.41) is 22.3. The maximum Gasteiger partial charge on any atom is 0.421 e. The van der Waals surface area contributed by atoms with E-state index >= 15 is 0 Å². The Hall–Kier alpha value is -0.900. The van der Waals surface area contributed by atoms with E-state index in [4.69, 9.17) is 4.74 Å². The summed E-state index contributed by atoms with van der Waals surface area (Å²) in [7, 11) is -3.84. The zero-order chi connectivity index (χ0) is 27.5. The zero-order valence-electron chi connectivity index (χ0n) is 23.8. The molecular weight excluding hydrogens is 504 g/mol. The first kappa shape index (κ1) is 28.6. The van der Waals surface area contributed by atoms with Gasteiger partial charge in [-0.25, -0.2) is 9.52 Å². The zero-order valence-corrected chi connectivity index (χ0v) is 24.6. The van der Waals surface area contributed by atoms with Crippen molar-refractivity contribution < 1.29 is 28.2 Å². The first-order valence-electron chi connectivity index (χ1n) is 15.2. The van der Waals surface area contributed by atoms with E-state index in [0.29, 0.717) is 36.8 Å². The molecule has 0 bridgehead atoms. The minimum atomic E-state index is -3.84. The molecule has 4 aliphatic carbocycles. The summed E-state index contributed by atoms with van der Waals surface area (Å²) in [5.41, 5.74) is 0.246. The fraction of sp³-hybridized carbons (Fsp3) is 0.966. The largest absolute Gasteiger partial charge is 0.449 e. The molecule has 4 saturated carbocycles. The third kappa shape index (κ3) is 4.71. The molecule has 3 N–H and O–H groups in total. The predicted octanol–water partition coefficient (Wildman–Crippen LogP) is 4.32. The van der Waals surface area contributed by atoms with Gasteiger partial charge >= 0.3 is 16.3 Å². The SMILES string of the molecule is CC[C@H]1[C@@H](O)[C@@H]2[C@H](CC[C@]3(C)[C@@H]([C@H](C)COC(=O)NS(=O)(=O)N4CCCC4)CC[C@@H]23)[C@@]2(C)CC[C@@H](O)C[C@@H]12. The van der Waals surface area contributed by atoms with Crippen molar-refractivity contribution in [2.75, 3.05) is 19.7 Å². The number of amides is 1. The van der Waals surface area contributed by atoms with Crippen LogP contribution in [0.1, 0.15) is 91.9 Å². The number of rotatable bonds is 6. The van der Waals surface area contributed by atoms with Crippen molar-refractivity contribution in [1.82, 2.24) is 9.03 Å². The van der Waals surface area contributed by atoms with E-state index in [1.54, 1.807) is 0 Å². The van der Waals surface area contributed by atoms with E-state index in [1.165, 1.54) is 4.31 Å². The number of hydrogen-bond donors (Lipinski definition) is 3. The molecule has 0 aromatic heterocycles. The standard InChI is InChI=1S/C29H50N2O6S/c1-5-20-24-16-19(32)10-12-29(24,4)23-11-13-28(3)21(8-9-22(28)25(23)26(20)33)18(2)17-37-27(34)30-38(35,36)31-14-6-7-15-31/h18-26,32-33H,5-17H2,1-4H3,(H,30,34)/t18-,19-,20-,21-,22+,23+,24+,25+,26-,28-,29-/m1/s1. The average molecular weight is 555 g/mol. The summed E-state index contributed by atoms with van der Waals surface area (Å²) >= 11 is 0. The fourth-order valence-corrected chi connectivity index (χ4v) is 11.5. The summed E-state index contributed by atoms with van der Waals surface area (Å²) < 4.78 is 33.7. The molecule has 1 saturated heterocycles. The lowest BCUT2D eigenvalue weighted by molar-refractivity contribution is -0.203. The van der Waals surface area contributed by atoms with Gasteiger partial charge in [-0.05, 0) is 110 Å². The third-order valence-electron chi connectivity index (χ3n) is 12.2. The summed E-state index contributed by atoms with van der Waals surface area (Å²) in [4.78, 5) is 12.4. The fourth-order valence-electron chi connectivity index (χ4n) is 10.4. The number of aliphatic hydroxyl groups excluding tert-OH is 2. The highest BCUT2D eigenvalue weighted by molar-refractivity contribution is 7.87. The second-order valence-corrected chi connectivity index (χ2v) is 15.6. The van der Waals surface area contributed by atoms with E-state index in [-0.39, 0.29) is 47.4 Å². The van der Waals surface area contributed by atoms with Crippen LogP contribution in [0.3, 0.4) is 0 Å². The van der Waals surface area contributed by atoms with E-state index in [0.717, 1.165) is 64.2 Å². The molecule has 0 radical (unpaired) electrons. The van der Waals surface area contributed by atoms with Gasteiger partial charge in [0.15, 0.2) is 0 Å². The quantitative estimate of drug-likeness (QED) is 0.450. The molecular formula is C29H50N2O6S. The van der Waals surface area contributed by atoms with Crippen molar-refractivity contribution in [3.05, 3.63) is 0 Å². The van der Waals surface area contributed by atoms with Crippen molar-refractivity contribution in [1.29, 1.82) is 0 Å². The Morgan fingerprint density at radius 1 is 1.03 bits per heavy atom. The molecule has 1 amide bonds. The number of nitrogens with one attached hydrogen (secondary N) is 1. The van der Waals surface area contributed by atoms with Crippen LogP contribution in [0.15, 0.2) is 0 Å². The molecule has 0 aromatic rings. The van der Waals surface area contributed by atoms with Crippen molar-refractivity contribution in [2.24, 2.45) is 52.3 Å². The highest BCUT2D eigenvalue weighted by Gasteiger charge is 2.64. The van der Waals surface area contributed by atoms with Gasteiger partial charge in [0.05, 0.1) is 18.8 Å². The Kier molecular flexibility index (Phi) is 7.90. The van der Waals surface area contributed by atoms with Crippen LogP contribution in [0.5, 0.6) is 0 Å². The van der Waals surface area contributed by atoms with Gasteiger partial charge in [-0.15, -0.1) is 0 Å². The minimum Gasteiger partial charge on any atom is -0.449 e. The van der Waals surface area contributed by atoms with Gasteiger partial charge in [-0.1, -0.05) is 34.1 Å². The van der Waals surface area contributed by atoms with Crippen molar-refractivity contribution in [3.8, 4) is 0 Å². The lowest BCUT2D eigenvalue weighted by atomic mass is 9.41. The molecule has 38 heavy (non-hydrogen) atoms. The molecule has 218 valence electrons. The van der Waals surface area contributed by atoms with Crippen molar-refractivity contribution in [3.63, 3.8) is 0 Å². The Bertz CT molecular complexity index is 986. The van der Waals surface area contributed by atoms with Crippen LogP contribution in [0.25, 0.3) is 0 Å². The number of carbonyl (C=O) groups is 1. The number of fused-ring (bicyclic) bond motifs is 5. The van der Waals surface area contributed by atoms with Gasteiger partial charge in [-0.2, -0.15) is 12.7 Å². The van der Waals surface area contributed by atoms with Gasteiger partial charge in [0.2, 0.25) is 0 Å². The predicted molar refractivity (Wildman–Crippen MR) is 145 cm³/mol. The number of carbonyl (C=O) groups excluding carboxylic acids is 1. The van der Waals surface area contributed by atoms with Gasteiger partial charge in [0.25, 0.3) is 0 Å². The number of hydrogen-bond acceptors (Lipinski definition) is 6. The van der Waals surface area contributed by atoms with Gasteiger partial charge in [-0.3, -0.25) is 0 Å². The smallest absolute Gasteiger partial charge is 0.421 e. The first-order chi connectivity index (χ1) is 17.9. The van der Waals surface area contributed by atoms with Crippen LogP contribution in [-0.4, -0.2) is 60.9 Å². The summed E-state index contributed by atoms with van der Waals surface area (Å²) in [6.07, 6.45) is 8.20. The molecule has 1 heterocycles. The molecule has 5 aliphatic rings. The Morgan fingerprint density at radius 3 is 2.37 bits per heavy atom. The van der Waals surface area contributed by atoms with E-state index in [1.807, 2.05) is 0 Å². The van der Waals surface area contributed by atoms with Gasteiger partial charge in [0.1, 0.15) is 0 Å². The molecule has 1 aliphatic heterocycles. The summed E-state index contributed by atoms with van der Waals surface area (Å²) in [5.74, 6) is 2.30. The maximum absolute atomic E-state index is 12.4. The lowest BCUT2D eigenvalue weighted by Crippen LogP contribution is -2.62. The third-order valence-corrected chi connectivity index (χ3v) is 13.7. The second-order valence-electron chi connectivity index (χ2n) is 13.9. The average Bonchev–Trinajstić information content (AvgIpc) is 3.52. The van der Waals surface area contributed by atoms with Crippen LogP contribution in [-0.2, 0) is 14.9 Å². The van der Waals surface area contributed by atoms with Crippen LogP contribution in [0.4, 0.5) is 4.79 Å².